The number of hydrogen-bond donors (Lipinski definition) is 5. The van der Waals surface area contributed by atoms with E-state index >= 15 is 0 Å². The standard InChI is InChI=1S/C23H17BrF3N3O.4C2H6O/c24-14-10-8-13(9-11-14)20-15(12-28)22(29)30(18-6-3-7-19(31)21(18)20)17-5-2-1-4-16(17)23(25,26)27;4*1-2-3/h1-2,4-5,8-11,20H,3,6-7,29H2;4*3H,2H2,1H3. The van der Waals surface area contributed by atoms with Crippen LogP contribution in [0.15, 0.2) is 75.7 Å². The first-order chi connectivity index (χ1) is 20.4. The van der Waals surface area contributed by atoms with E-state index < -0.39 is 17.7 Å². The third-order valence-corrected chi connectivity index (χ3v) is 6.10. The van der Waals surface area contributed by atoms with E-state index in [0.29, 0.717) is 29.7 Å². The molecule has 1 aliphatic heterocycles. The molecular formula is C31H41BrF3N3O5. The lowest BCUT2D eigenvalue weighted by atomic mass is 9.75. The van der Waals surface area contributed by atoms with Crippen molar-refractivity contribution < 1.29 is 38.4 Å². The number of alkyl halides is 3. The van der Waals surface area contributed by atoms with E-state index in [1.54, 1.807) is 52.0 Å². The fourth-order valence-electron chi connectivity index (χ4n) is 4.26. The largest absolute Gasteiger partial charge is 0.418 e. The number of carbonyl (C=O) groups is 1. The van der Waals surface area contributed by atoms with Crippen LogP contribution in [0, 0.1) is 11.3 Å². The van der Waals surface area contributed by atoms with Crippen LogP contribution in [0.5, 0.6) is 0 Å². The number of ketones is 1. The Kier molecular flexibility index (Phi) is 19.1. The Morgan fingerprint density at radius 2 is 1.42 bits per heavy atom. The Morgan fingerprint density at radius 1 is 0.930 bits per heavy atom. The minimum atomic E-state index is -4.62. The molecule has 8 nitrogen and oxygen atoms in total. The molecule has 0 radical (unpaired) electrons. The third kappa shape index (κ3) is 11.4. The van der Waals surface area contributed by atoms with Crippen molar-refractivity contribution in [3.63, 3.8) is 0 Å². The summed E-state index contributed by atoms with van der Waals surface area (Å²) in [5.74, 6) is -0.973. The first-order valence-electron chi connectivity index (χ1n) is 13.7. The maximum Gasteiger partial charge on any atom is 0.418 e. The van der Waals surface area contributed by atoms with Crippen LogP contribution in [0.4, 0.5) is 18.9 Å². The van der Waals surface area contributed by atoms with Gasteiger partial charge in [0.1, 0.15) is 5.82 Å². The fourth-order valence-corrected chi connectivity index (χ4v) is 4.52. The molecule has 2 aromatic rings. The molecule has 0 spiro atoms. The van der Waals surface area contributed by atoms with Crippen molar-refractivity contribution in [1.29, 1.82) is 5.26 Å². The number of aliphatic hydroxyl groups excluding tert-OH is 4. The van der Waals surface area contributed by atoms with Crippen LogP contribution >= 0.6 is 15.9 Å². The molecule has 0 bridgehead atoms. The van der Waals surface area contributed by atoms with Gasteiger partial charge in [-0.15, -0.1) is 0 Å². The van der Waals surface area contributed by atoms with E-state index in [4.69, 9.17) is 26.2 Å². The minimum absolute atomic E-state index is 0.0632. The van der Waals surface area contributed by atoms with Crippen LogP contribution in [-0.2, 0) is 11.0 Å². The van der Waals surface area contributed by atoms with Gasteiger partial charge in [0.2, 0.25) is 0 Å². The smallest absolute Gasteiger partial charge is 0.397 e. The second kappa shape index (κ2) is 20.7. The maximum atomic E-state index is 13.8. The normalized spacial score (nSPS) is 15.7. The topological polar surface area (TPSA) is 151 Å². The summed E-state index contributed by atoms with van der Waals surface area (Å²) in [5.41, 5.74) is 6.82. The molecule has 6 N–H and O–H groups in total. The number of benzene rings is 2. The second-order valence-electron chi connectivity index (χ2n) is 8.65. The fraction of sp³-hybridized carbons (Fsp3) is 0.419. The molecule has 43 heavy (non-hydrogen) atoms. The lowest BCUT2D eigenvalue weighted by molar-refractivity contribution is -0.137. The lowest BCUT2D eigenvalue weighted by Crippen LogP contribution is -2.39. The van der Waals surface area contributed by atoms with Crippen LogP contribution in [-0.4, -0.2) is 52.6 Å². The van der Waals surface area contributed by atoms with Crippen molar-refractivity contribution in [2.24, 2.45) is 5.73 Å². The molecule has 1 aliphatic carbocycles. The highest BCUT2D eigenvalue weighted by atomic mass is 79.9. The Morgan fingerprint density at radius 3 is 1.88 bits per heavy atom. The van der Waals surface area contributed by atoms with E-state index in [-0.39, 0.29) is 55.7 Å². The molecule has 0 aromatic heterocycles. The van der Waals surface area contributed by atoms with Gasteiger partial charge in [-0.1, -0.05) is 40.2 Å². The highest BCUT2D eigenvalue weighted by molar-refractivity contribution is 9.10. The third-order valence-electron chi connectivity index (χ3n) is 5.57. The molecule has 12 heteroatoms. The van der Waals surface area contributed by atoms with Gasteiger partial charge in [-0.05, 0) is 70.4 Å². The van der Waals surface area contributed by atoms with E-state index in [2.05, 4.69) is 22.0 Å². The van der Waals surface area contributed by atoms with Gasteiger partial charge in [-0.25, -0.2) is 0 Å². The summed E-state index contributed by atoms with van der Waals surface area (Å²) in [7, 11) is 0. The summed E-state index contributed by atoms with van der Waals surface area (Å²) in [6.07, 6.45) is -3.45. The number of rotatable bonds is 2. The quantitative estimate of drug-likeness (QED) is 0.270. The van der Waals surface area contributed by atoms with E-state index in [0.717, 1.165) is 10.5 Å². The van der Waals surface area contributed by atoms with E-state index in [1.165, 1.54) is 23.1 Å². The summed E-state index contributed by atoms with van der Waals surface area (Å²) < 4.78 is 42.1. The Bertz CT molecular complexity index is 1230. The van der Waals surface area contributed by atoms with Gasteiger partial charge >= 0.3 is 6.18 Å². The summed E-state index contributed by atoms with van der Waals surface area (Å²) >= 11 is 3.37. The van der Waals surface area contributed by atoms with Crippen LogP contribution in [0.2, 0.25) is 0 Å². The summed E-state index contributed by atoms with van der Waals surface area (Å²) in [4.78, 5) is 14.3. The van der Waals surface area contributed by atoms with Gasteiger partial charge in [-0.2, -0.15) is 18.4 Å². The Balaban J connectivity index is 0.00000127. The maximum absolute atomic E-state index is 13.8. The van der Waals surface area contributed by atoms with Gasteiger partial charge < -0.3 is 26.2 Å². The molecule has 238 valence electrons. The van der Waals surface area contributed by atoms with Crippen LogP contribution in [0.1, 0.15) is 64.0 Å². The summed E-state index contributed by atoms with van der Waals surface area (Å²) in [6.45, 7) is 7.72. The summed E-state index contributed by atoms with van der Waals surface area (Å²) in [5, 5.41) is 40.2. The van der Waals surface area contributed by atoms with Crippen molar-refractivity contribution in [2.45, 2.75) is 59.1 Å². The molecule has 0 saturated carbocycles. The van der Waals surface area contributed by atoms with Crippen molar-refractivity contribution in [3.05, 3.63) is 86.8 Å². The average molecular weight is 673 g/mol. The molecule has 2 aliphatic rings. The molecule has 0 fully saturated rings. The van der Waals surface area contributed by atoms with E-state index in [9.17, 15) is 23.2 Å². The van der Waals surface area contributed by atoms with Gasteiger partial charge in [0.05, 0.1) is 28.8 Å². The molecule has 1 atom stereocenters. The average Bonchev–Trinajstić information content (AvgIpc) is 2.94. The monoisotopic (exact) mass is 671 g/mol. The molecular weight excluding hydrogens is 631 g/mol. The second-order valence-corrected chi connectivity index (χ2v) is 9.56. The minimum Gasteiger partial charge on any atom is -0.397 e. The zero-order valence-corrected chi connectivity index (χ0v) is 26.4. The van der Waals surface area contributed by atoms with E-state index in [1.807, 2.05) is 0 Å². The molecule has 1 unspecified atom stereocenters. The predicted octanol–water partition coefficient (Wildman–Crippen LogP) is 5.77. The van der Waals surface area contributed by atoms with Crippen molar-refractivity contribution in [1.82, 2.24) is 0 Å². The first kappa shape index (κ1) is 39.8. The number of nitriles is 1. The predicted molar refractivity (Wildman–Crippen MR) is 165 cm³/mol. The number of para-hydroxylation sites is 1. The van der Waals surface area contributed by atoms with Crippen molar-refractivity contribution >= 4 is 27.4 Å². The number of anilines is 1. The van der Waals surface area contributed by atoms with Crippen LogP contribution < -0.4 is 10.6 Å². The number of Topliss-reactive ketones (excluding diaryl/α,β-unsaturated/α-hetero) is 1. The van der Waals surface area contributed by atoms with Crippen molar-refractivity contribution in [3.8, 4) is 6.07 Å². The Hall–Kier alpha value is -3.21. The zero-order chi connectivity index (χ0) is 33.2. The Labute approximate surface area is 259 Å². The number of carbonyl (C=O) groups excluding carboxylic acids is 1. The van der Waals surface area contributed by atoms with Gasteiger partial charge in [0, 0.05) is 48.6 Å². The molecule has 0 saturated heterocycles. The highest BCUT2D eigenvalue weighted by Gasteiger charge is 2.43. The number of nitrogens with zero attached hydrogens (tertiary/aromatic N) is 2. The number of hydrogen-bond acceptors (Lipinski definition) is 8. The molecule has 4 rings (SSSR count). The summed E-state index contributed by atoms with van der Waals surface area (Å²) in [6, 6.07) is 14.3. The molecule has 2 aromatic carbocycles. The first-order valence-corrected chi connectivity index (χ1v) is 14.5. The zero-order valence-electron chi connectivity index (χ0n) is 24.8. The van der Waals surface area contributed by atoms with Crippen LogP contribution in [0.3, 0.4) is 0 Å². The van der Waals surface area contributed by atoms with Crippen LogP contribution in [0.25, 0.3) is 0 Å². The van der Waals surface area contributed by atoms with Gasteiger partial charge in [-0.3, -0.25) is 9.69 Å². The molecule has 1 heterocycles. The number of allylic oxidation sites excluding steroid dienone is 3. The number of aliphatic hydroxyl groups is 4. The lowest BCUT2D eigenvalue weighted by Gasteiger charge is -2.40. The van der Waals surface area contributed by atoms with Gasteiger partial charge in [0.15, 0.2) is 5.78 Å². The number of halogens is 4. The SMILES string of the molecule is CCO.CCO.CCO.CCO.N#CC1=C(N)N(c2ccccc2C(F)(F)F)C2=C(C(=O)CCC2)C1c1ccc(Br)cc1. The van der Waals surface area contributed by atoms with Crippen molar-refractivity contribution in [2.75, 3.05) is 31.3 Å². The van der Waals surface area contributed by atoms with Gasteiger partial charge in [0.25, 0.3) is 0 Å². The molecule has 0 amide bonds. The number of nitrogens with two attached hydrogens (primary N) is 1. The highest BCUT2D eigenvalue weighted by Crippen LogP contribution is 2.48.